The average Bonchev–Trinajstić information content (AvgIpc) is 1.20. The third kappa shape index (κ3) is 25.3. The van der Waals surface area contributed by atoms with Crippen molar-refractivity contribution in [2.75, 3.05) is 0 Å². The Morgan fingerprint density at radius 2 is 0.558 bits per heavy atom. The summed E-state index contributed by atoms with van der Waals surface area (Å²) in [5.74, 6) is 7.93. The number of benzene rings is 2. The number of hydrogen-bond acceptors (Lipinski definition) is 25. The van der Waals surface area contributed by atoms with E-state index < -0.39 is 0 Å². The largest absolute Gasteiger partial charge is 0.265 e. The van der Waals surface area contributed by atoms with Gasteiger partial charge < -0.3 is 0 Å². The molecule has 104 heavy (non-hydrogen) atoms. The molecule has 0 bridgehead atoms. The quantitative estimate of drug-likeness (QED) is 0.136. The summed E-state index contributed by atoms with van der Waals surface area (Å²) in [4.78, 5) is 102. The maximum atomic E-state index is 4.30. The van der Waals surface area contributed by atoms with Gasteiger partial charge in [-0.3, -0.25) is 34.9 Å². The third-order valence-corrected chi connectivity index (χ3v) is 13.8. The zero-order chi connectivity index (χ0) is 72.8. The zero-order valence-corrected chi connectivity index (χ0v) is 58.3. The van der Waals surface area contributed by atoms with Crippen LogP contribution in [0.3, 0.4) is 0 Å². The highest BCUT2D eigenvalue weighted by Gasteiger charge is 2.06. The lowest BCUT2D eigenvalue weighted by Crippen LogP contribution is -1.95. The molecule has 0 radical (unpaired) electrons. The van der Waals surface area contributed by atoms with E-state index in [9.17, 15) is 0 Å². The minimum absolute atomic E-state index is 0.619. The minimum atomic E-state index is 0.619. The molecule has 512 valence electrons. The molecule has 0 saturated carbocycles. The van der Waals surface area contributed by atoms with Crippen molar-refractivity contribution in [3.05, 3.63) is 334 Å². The van der Waals surface area contributed by atoms with E-state index in [4.69, 9.17) is 0 Å². The van der Waals surface area contributed by atoms with Gasteiger partial charge in [0, 0.05) is 126 Å². The van der Waals surface area contributed by atoms with E-state index in [1.54, 1.807) is 80.6 Å². The van der Waals surface area contributed by atoms with Gasteiger partial charge in [-0.2, -0.15) is 0 Å². The molecule has 0 N–H and O–H groups in total. The Morgan fingerprint density at radius 1 is 0.173 bits per heavy atom. The Labute approximate surface area is 602 Å². The van der Waals surface area contributed by atoms with Gasteiger partial charge in [-0.05, 0) is 158 Å². The summed E-state index contributed by atoms with van der Waals surface area (Å²) in [7, 11) is 0. The van der Waals surface area contributed by atoms with Crippen molar-refractivity contribution in [1.82, 2.24) is 125 Å². The summed E-state index contributed by atoms with van der Waals surface area (Å²) in [6.45, 7) is 15.0. The van der Waals surface area contributed by atoms with E-state index >= 15 is 0 Å². The van der Waals surface area contributed by atoms with Crippen LogP contribution in [0.25, 0.3) is 90.7 Å². The summed E-state index contributed by atoms with van der Waals surface area (Å²) in [5.41, 5.74) is 12.8. The minimum Gasteiger partial charge on any atom is -0.265 e. The van der Waals surface area contributed by atoms with Gasteiger partial charge in [0.05, 0.1) is 22.8 Å². The van der Waals surface area contributed by atoms with Crippen LogP contribution in [0.15, 0.2) is 288 Å². The number of aromatic nitrogens is 25. The Hall–Kier alpha value is -14.2. The van der Waals surface area contributed by atoms with Crippen LogP contribution in [-0.2, 0) is 0 Å². The normalized spacial score (nSPS) is 9.92. The Balaban J connectivity index is 0.000000138. The second-order valence-electron chi connectivity index (χ2n) is 21.7. The number of aryl methyl sites for hydroxylation is 8. The zero-order valence-electron chi connectivity index (χ0n) is 58.3. The van der Waals surface area contributed by atoms with Crippen LogP contribution >= 0.6 is 0 Å². The first-order valence-electron chi connectivity index (χ1n) is 32.4. The number of rotatable bonds is 8. The molecule has 0 unspecified atom stereocenters. The topological polar surface area (TPSA) is 322 Å². The molecule has 16 aromatic rings. The molecule has 16 rings (SSSR count). The summed E-state index contributed by atoms with van der Waals surface area (Å²) >= 11 is 0. The molecule has 0 aliphatic rings. The van der Waals surface area contributed by atoms with Gasteiger partial charge in [0.2, 0.25) is 0 Å². The maximum absolute atomic E-state index is 4.30. The fraction of sp³-hybridized carbons (Fsp3) is 0.101. The summed E-state index contributed by atoms with van der Waals surface area (Å²) in [6, 6.07) is 56.5. The number of hydrogen-bond donors (Lipinski definition) is 0. The standard InChI is InChI=1S/C12H11N.4C10H9N3.3C9H8N4/c1-10-7-8-12(9-13-10)11-5-3-2-4-6-11;1-8-12-7-4-10(13-8)9-2-5-11-6-3-9;1-8-12-6-4-10(13-8)9-3-2-5-11-7-9;1-8-11-7-5-10(13-8)9-4-2-3-6-12-9;1-8-11-7-12-10(13-8)9-5-3-2-4-6-9;1-7-11-6-12-9(13-7)8-2-4-10-5-3-8;1-7-11-6-12-9(13-7)8-3-2-4-10-5-8;1-7-11-6-12-9(13-7)8-4-2-3-5-10-8/h2-9H,1H3;4*2-7H,1H3;3*2-6H,1H3. The van der Waals surface area contributed by atoms with Crippen LogP contribution in [0, 0.1) is 55.4 Å². The molecule has 14 heterocycles. The van der Waals surface area contributed by atoms with Crippen molar-refractivity contribution in [2.45, 2.75) is 55.4 Å². The van der Waals surface area contributed by atoms with Crippen LogP contribution in [0.1, 0.15) is 46.5 Å². The molecule has 2 aromatic carbocycles. The predicted molar refractivity (Wildman–Crippen MR) is 398 cm³/mol. The second kappa shape index (κ2) is 40.6. The molecule has 25 heteroatoms. The molecule has 25 nitrogen and oxygen atoms in total. The molecule has 0 aliphatic heterocycles. The van der Waals surface area contributed by atoms with E-state index in [-0.39, 0.29) is 0 Å². The fourth-order valence-electron chi connectivity index (χ4n) is 8.78. The molecule has 14 aromatic heterocycles. The summed E-state index contributed by atoms with van der Waals surface area (Å²) in [6.07, 6.45) is 30.6. The smallest absolute Gasteiger partial charge is 0.181 e. The number of pyridine rings is 7. The predicted octanol–water partition coefficient (Wildman–Crippen LogP) is 14.2. The average molecular weight is 1370 g/mol. The van der Waals surface area contributed by atoms with Crippen LogP contribution in [0.2, 0.25) is 0 Å². The van der Waals surface area contributed by atoms with E-state index in [0.717, 1.165) is 96.9 Å². The van der Waals surface area contributed by atoms with Crippen molar-refractivity contribution in [3.63, 3.8) is 0 Å². The van der Waals surface area contributed by atoms with E-state index in [0.29, 0.717) is 29.1 Å². The molecule has 0 spiro atoms. The lowest BCUT2D eigenvalue weighted by Gasteiger charge is -2.00. The van der Waals surface area contributed by atoms with Gasteiger partial charge in [0.25, 0.3) is 0 Å². The second-order valence-corrected chi connectivity index (χ2v) is 21.7. The third-order valence-electron chi connectivity index (χ3n) is 13.8. The van der Waals surface area contributed by atoms with E-state index in [1.807, 2.05) is 219 Å². The van der Waals surface area contributed by atoms with E-state index in [1.165, 1.54) is 36.4 Å². The van der Waals surface area contributed by atoms with Crippen LogP contribution in [0.5, 0.6) is 0 Å². The highest BCUT2D eigenvalue weighted by molar-refractivity contribution is 5.63. The molecule has 0 atom stereocenters. The van der Waals surface area contributed by atoms with Crippen LogP contribution < -0.4 is 0 Å². The monoisotopic (exact) mass is 1370 g/mol. The highest BCUT2D eigenvalue weighted by Crippen LogP contribution is 2.20. The maximum Gasteiger partial charge on any atom is 0.181 e. The fourth-order valence-corrected chi connectivity index (χ4v) is 8.78. The molecule has 0 aliphatic carbocycles. The van der Waals surface area contributed by atoms with Crippen molar-refractivity contribution in [3.8, 4) is 90.7 Å². The molecular weight excluding hydrogens is 1300 g/mol. The first-order valence-corrected chi connectivity index (χ1v) is 32.4. The lowest BCUT2D eigenvalue weighted by atomic mass is 10.1. The molecular formula is C79H71N25. The van der Waals surface area contributed by atoms with Crippen molar-refractivity contribution in [2.24, 2.45) is 0 Å². The first-order chi connectivity index (χ1) is 50.9. The summed E-state index contributed by atoms with van der Waals surface area (Å²) < 4.78 is 0. The lowest BCUT2D eigenvalue weighted by molar-refractivity contribution is 0.974. The van der Waals surface area contributed by atoms with E-state index in [2.05, 4.69) is 143 Å². The summed E-state index contributed by atoms with van der Waals surface area (Å²) in [5, 5.41) is 0. The van der Waals surface area contributed by atoms with Gasteiger partial charge in [-0.25, -0.2) is 89.7 Å². The van der Waals surface area contributed by atoms with Crippen molar-refractivity contribution < 1.29 is 0 Å². The van der Waals surface area contributed by atoms with Crippen LogP contribution in [-0.4, -0.2) is 125 Å². The highest BCUT2D eigenvalue weighted by atomic mass is 15.0. The number of nitrogens with zero attached hydrogens (tertiary/aromatic N) is 25. The van der Waals surface area contributed by atoms with Crippen molar-refractivity contribution >= 4 is 0 Å². The molecule has 0 amide bonds. The SMILES string of the molecule is Cc1ccc(-c2ccccc2)cn1.Cc1nccc(-c2ccccn2)n1.Cc1nccc(-c2cccnc2)n1.Cc1nccc(-c2ccncc2)n1.Cc1ncnc(-c2ccccc2)n1.Cc1ncnc(-c2ccccn2)n1.Cc1ncnc(-c2cccnc2)n1.Cc1ncnc(-c2ccncc2)n1. The molecule has 0 fully saturated rings. The first kappa shape index (κ1) is 74.0. The van der Waals surface area contributed by atoms with Crippen LogP contribution in [0.4, 0.5) is 0 Å². The van der Waals surface area contributed by atoms with Crippen molar-refractivity contribution in [1.29, 1.82) is 0 Å². The Morgan fingerprint density at radius 3 is 1.00 bits per heavy atom. The van der Waals surface area contributed by atoms with Gasteiger partial charge in [-0.15, -0.1) is 0 Å². The Bertz CT molecular complexity index is 4320. The molecule has 0 saturated heterocycles. The van der Waals surface area contributed by atoms with Gasteiger partial charge in [0.15, 0.2) is 23.3 Å². The van der Waals surface area contributed by atoms with Gasteiger partial charge in [-0.1, -0.05) is 78.9 Å². The Kier molecular flexibility index (Phi) is 28.9. The van der Waals surface area contributed by atoms with Gasteiger partial charge >= 0.3 is 0 Å². The van der Waals surface area contributed by atoms with Gasteiger partial charge in [0.1, 0.15) is 71.8 Å².